The Labute approximate surface area is 90.9 Å². The summed E-state index contributed by atoms with van der Waals surface area (Å²) in [6.07, 6.45) is 0. The third-order valence-electron chi connectivity index (χ3n) is 0.743. The van der Waals surface area contributed by atoms with Crippen LogP contribution in [0.5, 0.6) is 0 Å². The molecule has 0 heterocycles. The standard InChI is InChI=1S/C6H6S.CH3.Cu.Li/c7-6-4-2-1-3-5-6;;;/h1-5,7H;1H3;;/q;-1;2*+1/p-1. The molecule has 0 N–H and O–H groups in total. The van der Waals surface area contributed by atoms with Crippen LogP contribution >= 0.6 is 0 Å². The van der Waals surface area contributed by atoms with Gasteiger partial charge in [0.15, 0.2) is 0 Å². The van der Waals surface area contributed by atoms with Crippen molar-refractivity contribution in [3.05, 3.63) is 37.8 Å². The summed E-state index contributed by atoms with van der Waals surface area (Å²) >= 11 is 4.81. The molecule has 3 heteroatoms. The van der Waals surface area contributed by atoms with Gasteiger partial charge in [-0.1, -0.05) is 30.3 Å². The van der Waals surface area contributed by atoms with E-state index in [2.05, 4.69) is 0 Å². The first-order chi connectivity index (χ1) is 3.39. The molecule has 0 aliphatic heterocycles. The average Bonchev–Trinajstić information content (AvgIpc) is 1.69. The zero-order chi connectivity index (χ0) is 5.11. The van der Waals surface area contributed by atoms with Crippen LogP contribution in [0.1, 0.15) is 0 Å². The van der Waals surface area contributed by atoms with Gasteiger partial charge in [0.05, 0.1) is 0 Å². The fourth-order valence-corrected chi connectivity index (χ4v) is 0.578. The summed E-state index contributed by atoms with van der Waals surface area (Å²) in [7, 11) is 0. The van der Waals surface area contributed by atoms with E-state index in [4.69, 9.17) is 12.6 Å². The first-order valence-corrected chi connectivity index (χ1v) is 2.52. The molecular weight excluding hydrogens is 187 g/mol. The van der Waals surface area contributed by atoms with Crippen LogP contribution in [0, 0.1) is 7.43 Å². The largest absolute Gasteiger partial charge is 1.00 e. The molecule has 0 spiro atoms. The van der Waals surface area contributed by atoms with Gasteiger partial charge in [-0.15, -0.1) is 0 Å². The maximum atomic E-state index is 4.81. The summed E-state index contributed by atoms with van der Waals surface area (Å²) in [4.78, 5) is 0.905. The van der Waals surface area contributed by atoms with E-state index in [0.29, 0.717) is 0 Å². The van der Waals surface area contributed by atoms with Crippen molar-refractivity contribution in [3.8, 4) is 0 Å². The number of hydrogen-bond acceptors (Lipinski definition) is 1. The number of hydrogen-bond donors (Lipinski definition) is 0. The van der Waals surface area contributed by atoms with E-state index in [-0.39, 0.29) is 43.4 Å². The van der Waals surface area contributed by atoms with Crippen LogP contribution in [0.3, 0.4) is 0 Å². The van der Waals surface area contributed by atoms with E-state index in [1.165, 1.54) is 0 Å². The second kappa shape index (κ2) is 9.56. The smallest absolute Gasteiger partial charge is 0.780 e. The molecule has 0 aromatic heterocycles. The van der Waals surface area contributed by atoms with Crippen molar-refractivity contribution in [2.45, 2.75) is 4.90 Å². The van der Waals surface area contributed by atoms with Gasteiger partial charge in [-0.2, -0.15) is 4.90 Å². The number of benzene rings is 1. The zero-order valence-corrected chi connectivity index (χ0v) is 7.85. The maximum absolute atomic E-state index is 4.81. The Morgan fingerprint density at radius 2 is 1.40 bits per heavy atom. The van der Waals surface area contributed by atoms with Crippen LogP contribution in [0.25, 0.3) is 0 Å². The third kappa shape index (κ3) is 6.67. The van der Waals surface area contributed by atoms with Crippen molar-refractivity contribution < 1.29 is 35.9 Å². The van der Waals surface area contributed by atoms with Gasteiger partial charge in [0.25, 0.3) is 0 Å². The van der Waals surface area contributed by atoms with Crippen LogP contribution in [-0.4, -0.2) is 0 Å². The average molecular weight is 195 g/mol. The zero-order valence-electron chi connectivity index (χ0n) is 6.10. The van der Waals surface area contributed by atoms with E-state index in [1.807, 2.05) is 30.3 Å². The van der Waals surface area contributed by atoms with Crippen molar-refractivity contribution in [2.24, 2.45) is 0 Å². The van der Waals surface area contributed by atoms with Crippen molar-refractivity contribution in [1.29, 1.82) is 0 Å². The SMILES string of the molecule is [CH3-].[Cu+].[Li+].[S-]c1ccccc1. The molecule has 0 saturated carbocycles. The molecule has 0 nitrogen and oxygen atoms in total. The maximum Gasteiger partial charge on any atom is 1.00 e. The fourth-order valence-electron chi connectivity index (χ4n) is 0.420. The Morgan fingerprint density at radius 3 is 1.60 bits per heavy atom. The van der Waals surface area contributed by atoms with Gasteiger partial charge in [-0.3, -0.25) is 0 Å². The Bertz CT molecular complexity index is 144. The first kappa shape index (κ1) is 16.9. The second-order valence-corrected chi connectivity index (χ2v) is 1.78. The first-order valence-electron chi connectivity index (χ1n) is 2.11. The molecule has 0 saturated heterocycles. The summed E-state index contributed by atoms with van der Waals surface area (Å²) in [6, 6.07) is 9.62. The Balaban J connectivity index is -0.000000163. The van der Waals surface area contributed by atoms with E-state index in [0.717, 1.165) is 4.90 Å². The Kier molecular flexibility index (Phi) is 16.1. The summed E-state index contributed by atoms with van der Waals surface area (Å²) in [6.45, 7) is 0. The molecular formula is C7H8CuLiS. The molecule has 0 bridgehead atoms. The fraction of sp³-hybridized carbons (Fsp3) is 0. The van der Waals surface area contributed by atoms with Gasteiger partial charge in [-0.05, 0) is 0 Å². The van der Waals surface area contributed by atoms with Gasteiger partial charge in [-0.25, -0.2) is 0 Å². The van der Waals surface area contributed by atoms with Crippen LogP contribution in [0.4, 0.5) is 0 Å². The molecule has 1 rings (SSSR count). The monoisotopic (exact) mass is 194 g/mol. The van der Waals surface area contributed by atoms with Gasteiger partial charge in [0.1, 0.15) is 0 Å². The second-order valence-electron chi connectivity index (χ2n) is 1.31. The minimum Gasteiger partial charge on any atom is -0.780 e. The predicted molar refractivity (Wildman–Crippen MR) is 38.5 cm³/mol. The topological polar surface area (TPSA) is 0 Å². The van der Waals surface area contributed by atoms with Crippen LogP contribution in [0.2, 0.25) is 0 Å². The Morgan fingerprint density at radius 1 is 1.00 bits per heavy atom. The number of rotatable bonds is 0. The minimum atomic E-state index is 0. The molecule has 0 fully saturated rings. The molecule has 1 aromatic rings. The van der Waals surface area contributed by atoms with Gasteiger partial charge >= 0.3 is 35.9 Å². The summed E-state index contributed by atoms with van der Waals surface area (Å²) in [5.41, 5.74) is 0. The molecule has 0 radical (unpaired) electrons. The van der Waals surface area contributed by atoms with Crippen molar-refractivity contribution in [2.75, 3.05) is 0 Å². The van der Waals surface area contributed by atoms with Crippen LogP contribution < -0.4 is 18.9 Å². The molecule has 10 heavy (non-hydrogen) atoms. The van der Waals surface area contributed by atoms with E-state index in [1.54, 1.807) is 0 Å². The minimum absolute atomic E-state index is 0. The van der Waals surface area contributed by atoms with Crippen LogP contribution in [-0.2, 0) is 29.7 Å². The van der Waals surface area contributed by atoms with Crippen LogP contribution in [0.15, 0.2) is 35.2 Å². The molecule has 0 aliphatic carbocycles. The predicted octanol–water partition coefficient (Wildman–Crippen LogP) is -0.956. The van der Waals surface area contributed by atoms with E-state index < -0.39 is 0 Å². The van der Waals surface area contributed by atoms with Crippen molar-refractivity contribution in [1.82, 2.24) is 0 Å². The summed E-state index contributed by atoms with van der Waals surface area (Å²) in [5, 5.41) is 0. The molecule has 0 amide bonds. The molecule has 0 aliphatic rings. The quantitative estimate of drug-likeness (QED) is 0.292. The van der Waals surface area contributed by atoms with E-state index >= 15 is 0 Å². The molecule has 0 atom stereocenters. The Hall–Kier alpha value is 0.557. The summed E-state index contributed by atoms with van der Waals surface area (Å²) in [5.74, 6) is 0. The summed E-state index contributed by atoms with van der Waals surface area (Å²) < 4.78 is 0. The van der Waals surface area contributed by atoms with Gasteiger partial charge < -0.3 is 20.1 Å². The van der Waals surface area contributed by atoms with Crippen molar-refractivity contribution in [3.63, 3.8) is 0 Å². The normalized spacial score (nSPS) is 6.00. The third-order valence-corrected chi connectivity index (χ3v) is 1.02. The van der Waals surface area contributed by atoms with Crippen molar-refractivity contribution >= 4 is 12.6 Å². The molecule has 1 aromatic carbocycles. The molecule has 54 valence electrons. The molecule has 0 unspecified atom stereocenters. The van der Waals surface area contributed by atoms with Gasteiger partial charge in [0, 0.05) is 0 Å². The van der Waals surface area contributed by atoms with Gasteiger partial charge in [0.2, 0.25) is 0 Å². The van der Waals surface area contributed by atoms with E-state index in [9.17, 15) is 0 Å².